The first kappa shape index (κ1) is 13.9. The minimum absolute atomic E-state index is 0.253. The molecule has 0 atom stereocenters. The minimum Gasteiger partial charge on any atom is -0.370 e. The van der Waals surface area contributed by atoms with Gasteiger partial charge >= 0.3 is 0 Å². The van der Waals surface area contributed by atoms with Crippen molar-refractivity contribution in [1.82, 2.24) is 10.2 Å². The summed E-state index contributed by atoms with van der Waals surface area (Å²) in [6, 6.07) is 8.66. The molecule has 0 radical (unpaired) electrons. The number of nitrogens with one attached hydrogen (secondary N) is 1. The first-order valence-corrected chi connectivity index (χ1v) is 7.63. The van der Waals surface area contributed by atoms with E-state index in [1.165, 1.54) is 12.8 Å². The molecule has 2 fully saturated rings. The van der Waals surface area contributed by atoms with Crippen molar-refractivity contribution in [1.29, 1.82) is 0 Å². The predicted octanol–water partition coefficient (Wildman–Crippen LogP) is 1.38. The van der Waals surface area contributed by atoms with Gasteiger partial charge in [-0.15, -0.1) is 0 Å². The van der Waals surface area contributed by atoms with Crippen LogP contribution in [0.15, 0.2) is 29.3 Å². The Kier molecular flexibility index (Phi) is 4.08. The summed E-state index contributed by atoms with van der Waals surface area (Å²) >= 11 is 0. The Labute approximate surface area is 125 Å². The summed E-state index contributed by atoms with van der Waals surface area (Å²) < 4.78 is 0. The molecular weight excluding hydrogens is 264 g/mol. The number of nitrogens with two attached hydrogens (primary N) is 1. The van der Waals surface area contributed by atoms with E-state index >= 15 is 0 Å². The van der Waals surface area contributed by atoms with E-state index in [2.05, 4.69) is 22.4 Å². The molecule has 0 spiro atoms. The van der Waals surface area contributed by atoms with E-state index in [1.807, 2.05) is 17.0 Å². The van der Waals surface area contributed by atoms with Crippen molar-refractivity contribution in [3.63, 3.8) is 0 Å². The zero-order valence-electron chi connectivity index (χ0n) is 12.2. The lowest BCUT2D eigenvalue weighted by Crippen LogP contribution is -2.33. The molecule has 3 rings (SSSR count). The van der Waals surface area contributed by atoms with Crippen LogP contribution in [0.4, 0.5) is 0 Å². The summed E-state index contributed by atoms with van der Waals surface area (Å²) in [5, 5.41) is 3.19. The topological polar surface area (TPSA) is 70.7 Å². The Morgan fingerprint density at radius 2 is 2.10 bits per heavy atom. The number of carbonyl (C=O) groups excluding carboxylic acids is 1. The summed E-state index contributed by atoms with van der Waals surface area (Å²) in [4.78, 5) is 18.1. The van der Waals surface area contributed by atoms with E-state index < -0.39 is 0 Å². The Balaban J connectivity index is 1.65. The first-order valence-electron chi connectivity index (χ1n) is 7.63. The SMILES string of the molecule is NC(=NCc1ccccc1CN1CCCC1=O)NC1CC1. The molecule has 112 valence electrons. The van der Waals surface area contributed by atoms with Crippen molar-refractivity contribution < 1.29 is 4.79 Å². The van der Waals surface area contributed by atoms with Gasteiger partial charge in [-0.25, -0.2) is 4.99 Å². The molecule has 2 aliphatic rings. The average molecular weight is 286 g/mol. The molecule has 1 saturated carbocycles. The van der Waals surface area contributed by atoms with Crippen LogP contribution in [0, 0.1) is 0 Å². The molecule has 3 N–H and O–H groups in total. The molecule has 1 aromatic carbocycles. The fourth-order valence-electron chi connectivity index (χ4n) is 2.60. The minimum atomic E-state index is 0.253. The van der Waals surface area contributed by atoms with Crippen LogP contribution in [0.1, 0.15) is 36.8 Å². The van der Waals surface area contributed by atoms with Crippen LogP contribution >= 0.6 is 0 Å². The van der Waals surface area contributed by atoms with Crippen molar-refractivity contribution >= 4 is 11.9 Å². The van der Waals surface area contributed by atoms with E-state index in [4.69, 9.17) is 5.73 Å². The predicted molar refractivity (Wildman–Crippen MR) is 82.6 cm³/mol. The molecule has 0 aromatic heterocycles. The highest BCUT2D eigenvalue weighted by molar-refractivity contribution is 5.78. The van der Waals surface area contributed by atoms with Crippen molar-refractivity contribution in [3.05, 3.63) is 35.4 Å². The molecule has 0 bridgehead atoms. The van der Waals surface area contributed by atoms with Crippen LogP contribution < -0.4 is 11.1 Å². The molecule has 1 heterocycles. The average Bonchev–Trinajstić information content (AvgIpc) is 3.20. The Hall–Kier alpha value is -2.04. The highest BCUT2D eigenvalue weighted by Gasteiger charge is 2.22. The zero-order valence-corrected chi connectivity index (χ0v) is 12.2. The van der Waals surface area contributed by atoms with Gasteiger partial charge in [0.2, 0.25) is 5.91 Å². The number of nitrogens with zero attached hydrogens (tertiary/aromatic N) is 2. The zero-order chi connectivity index (χ0) is 14.7. The molecule has 0 unspecified atom stereocenters. The summed E-state index contributed by atoms with van der Waals surface area (Å²) in [5.41, 5.74) is 8.17. The Morgan fingerprint density at radius 1 is 1.33 bits per heavy atom. The van der Waals surface area contributed by atoms with Gasteiger partial charge in [0.05, 0.1) is 6.54 Å². The van der Waals surface area contributed by atoms with Crippen molar-refractivity contribution in [3.8, 4) is 0 Å². The third kappa shape index (κ3) is 3.74. The molecular formula is C16H22N4O. The van der Waals surface area contributed by atoms with Gasteiger partial charge in [0, 0.05) is 25.6 Å². The van der Waals surface area contributed by atoms with Crippen LogP contribution in [0.2, 0.25) is 0 Å². The lowest BCUT2D eigenvalue weighted by atomic mass is 10.1. The quantitative estimate of drug-likeness (QED) is 0.634. The van der Waals surface area contributed by atoms with E-state index in [0.717, 1.165) is 24.1 Å². The third-order valence-corrected chi connectivity index (χ3v) is 4.00. The molecule has 5 heteroatoms. The molecule has 1 aromatic rings. The van der Waals surface area contributed by atoms with Gasteiger partial charge in [0.15, 0.2) is 5.96 Å². The highest BCUT2D eigenvalue weighted by Crippen LogP contribution is 2.19. The lowest BCUT2D eigenvalue weighted by Gasteiger charge is -2.17. The second kappa shape index (κ2) is 6.16. The van der Waals surface area contributed by atoms with Gasteiger partial charge in [0.25, 0.3) is 0 Å². The molecule has 1 aliphatic heterocycles. The second-order valence-electron chi connectivity index (χ2n) is 5.81. The van der Waals surface area contributed by atoms with E-state index in [0.29, 0.717) is 31.5 Å². The maximum atomic E-state index is 11.8. The monoisotopic (exact) mass is 286 g/mol. The molecule has 1 saturated heterocycles. The van der Waals surface area contributed by atoms with Gasteiger partial charge in [-0.05, 0) is 30.4 Å². The maximum Gasteiger partial charge on any atom is 0.222 e. The maximum absolute atomic E-state index is 11.8. The number of likely N-dealkylation sites (tertiary alicyclic amines) is 1. The van der Waals surface area contributed by atoms with Crippen LogP contribution in [0.25, 0.3) is 0 Å². The van der Waals surface area contributed by atoms with Gasteiger partial charge < -0.3 is 16.0 Å². The number of benzene rings is 1. The van der Waals surface area contributed by atoms with Gasteiger partial charge in [0.1, 0.15) is 0 Å². The fraction of sp³-hybridized carbons (Fsp3) is 0.500. The normalized spacial score (nSPS) is 19.1. The number of carbonyl (C=O) groups is 1. The number of aliphatic imine (C=N–C) groups is 1. The number of hydrogen-bond donors (Lipinski definition) is 2. The van der Waals surface area contributed by atoms with Crippen LogP contribution in [-0.2, 0) is 17.9 Å². The van der Waals surface area contributed by atoms with E-state index in [9.17, 15) is 4.79 Å². The number of rotatable bonds is 5. The molecule has 1 amide bonds. The van der Waals surface area contributed by atoms with Gasteiger partial charge in [-0.2, -0.15) is 0 Å². The summed E-state index contributed by atoms with van der Waals surface area (Å²) in [6.45, 7) is 2.10. The van der Waals surface area contributed by atoms with Crippen molar-refractivity contribution in [2.45, 2.75) is 44.8 Å². The Morgan fingerprint density at radius 3 is 2.76 bits per heavy atom. The summed E-state index contributed by atoms with van der Waals surface area (Å²) in [5.74, 6) is 0.771. The smallest absolute Gasteiger partial charge is 0.222 e. The van der Waals surface area contributed by atoms with Crippen LogP contribution in [0.3, 0.4) is 0 Å². The second-order valence-corrected chi connectivity index (χ2v) is 5.81. The number of amides is 1. The van der Waals surface area contributed by atoms with Gasteiger partial charge in [-0.3, -0.25) is 4.79 Å². The first-order chi connectivity index (χ1) is 10.2. The number of hydrogen-bond acceptors (Lipinski definition) is 2. The summed E-state index contributed by atoms with van der Waals surface area (Å²) in [7, 11) is 0. The highest BCUT2D eigenvalue weighted by atomic mass is 16.2. The molecule has 21 heavy (non-hydrogen) atoms. The van der Waals surface area contributed by atoms with Crippen LogP contribution in [0.5, 0.6) is 0 Å². The van der Waals surface area contributed by atoms with E-state index in [1.54, 1.807) is 0 Å². The third-order valence-electron chi connectivity index (χ3n) is 4.00. The number of guanidine groups is 1. The lowest BCUT2D eigenvalue weighted by molar-refractivity contribution is -0.128. The molecule has 1 aliphatic carbocycles. The standard InChI is InChI=1S/C16H22N4O/c17-16(19-14-7-8-14)18-10-12-4-1-2-5-13(12)11-20-9-3-6-15(20)21/h1-2,4-5,14H,3,6-11H2,(H3,17,18,19). The Bertz CT molecular complexity index is 551. The summed E-state index contributed by atoms with van der Waals surface area (Å²) in [6.07, 6.45) is 4.02. The van der Waals surface area contributed by atoms with Gasteiger partial charge in [-0.1, -0.05) is 24.3 Å². The van der Waals surface area contributed by atoms with Crippen LogP contribution in [-0.4, -0.2) is 29.4 Å². The molecule has 5 nitrogen and oxygen atoms in total. The largest absolute Gasteiger partial charge is 0.370 e. The van der Waals surface area contributed by atoms with Crippen molar-refractivity contribution in [2.75, 3.05) is 6.54 Å². The van der Waals surface area contributed by atoms with Crippen molar-refractivity contribution in [2.24, 2.45) is 10.7 Å². The van der Waals surface area contributed by atoms with E-state index in [-0.39, 0.29) is 5.91 Å². The fourth-order valence-corrected chi connectivity index (χ4v) is 2.60.